The minimum Gasteiger partial charge on any atom is -0.462 e. The van der Waals surface area contributed by atoms with Gasteiger partial charge in [0.2, 0.25) is 0 Å². The summed E-state index contributed by atoms with van der Waals surface area (Å²) < 4.78 is 30.4. The maximum atomic E-state index is 12.3. The summed E-state index contributed by atoms with van der Waals surface area (Å²) in [4.78, 5) is 11.7. The van der Waals surface area contributed by atoms with Crippen LogP contribution in [0.1, 0.15) is 31.1 Å². The first-order valence-electron chi connectivity index (χ1n) is 5.99. The molecule has 1 aromatic heterocycles. The van der Waals surface area contributed by atoms with Crippen LogP contribution in [0.5, 0.6) is 0 Å². The van der Waals surface area contributed by atoms with Crippen molar-refractivity contribution in [2.45, 2.75) is 31.4 Å². The van der Waals surface area contributed by atoms with Crippen LogP contribution in [-0.2, 0) is 14.8 Å². The predicted octanol–water partition coefficient (Wildman–Crippen LogP) is -0.0222. The van der Waals surface area contributed by atoms with E-state index in [2.05, 4.69) is 10.2 Å². The number of nitrogens with one attached hydrogen (secondary N) is 1. The molecule has 0 aromatic carbocycles. The summed E-state index contributed by atoms with van der Waals surface area (Å²) in [7, 11) is -2.66. The maximum Gasteiger partial charge on any atom is 0.342 e. The number of aliphatic hydroxyl groups is 1. The quantitative estimate of drug-likeness (QED) is 0.714. The lowest BCUT2D eigenvalue weighted by atomic mass is 10.1. The molecule has 9 heteroatoms. The second kappa shape index (κ2) is 5.90. The molecule has 0 fully saturated rings. The zero-order chi connectivity index (χ0) is 15.6. The molecule has 0 spiro atoms. The van der Waals surface area contributed by atoms with Crippen molar-refractivity contribution in [1.82, 2.24) is 14.5 Å². The Bertz CT molecular complexity index is 573. The highest BCUT2D eigenvalue weighted by atomic mass is 32.2. The third-order valence-electron chi connectivity index (χ3n) is 2.38. The molecule has 2 N–H and O–H groups in total. The van der Waals surface area contributed by atoms with Gasteiger partial charge in [-0.15, -0.1) is 0 Å². The van der Waals surface area contributed by atoms with Crippen LogP contribution >= 0.6 is 0 Å². The Morgan fingerprint density at radius 3 is 2.65 bits per heavy atom. The van der Waals surface area contributed by atoms with E-state index in [1.165, 1.54) is 20.9 Å². The molecule has 0 unspecified atom stereocenters. The lowest BCUT2D eigenvalue weighted by molar-refractivity contribution is 0.0521. The highest BCUT2D eigenvalue weighted by Crippen LogP contribution is 2.19. The normalized spacial score (nSPS) is 12.7. The predicted molar refractivity (Wildman–Crippen MR) is 70.7 cm³/mol. The second-order valence-corrected chi connectivity index (χ2v) is 6.89. The van der Waals surface area contributed by atoms with Crippen LogP contribution < -0.4 is 0 Å². The van der Waals surface area contributed by atoms with Gasteiger partial charge in [-0.3, -0.25) is 5.10 Å². The largest absolute Gasteiger partial charge is 0.462 e. The number of carbonyl (C=O) groups excluding carboxylic acids is 1. The van der Waals surface area contributed by atoms with E-state index in [-0.39, 0.29) is 23.7 Å². The average molecular weight is 305 g/mol. The molecule has 0 saturated heterocycles. The number of hydrogen-bond acceptors (Lipinski definition) is 6. The van der Waals surface area contributed by atoms with Gasteiger partial charge in [-0.25, -0.2) is 13.2 Å². The maximum absolute atomic E-state index is 12.3. The Labute approximate surface area is 117 Å². The summed E-state index contributed by atoms with van der Waals surface area (Å²) >= 11 is 0. The van der Waals surface area contributed by atoms with Crippen LogP contribution in [0.2, 0.25) is 0 Å². The molecule has 0 saturated carbocycles. The number of ether oxygens (including phenoxy) is 1. The lowest BCUT2D eigenvalue weighted by Gasteiger charge is -2.24. The fraction of sp³-hybridized carbons (Fsp3) is 0.636. The summed E-state index contributed by atoms with van der Waals surface area (Å²) in [6.07, 6.45) is 1.10. The molecular formula is C11H19N3O5S. The fourth-order valence-corrected chi connectivity index (χ4v) is 2.99. The van der Waals surface area contributed by atoms with Gasteiger partial charge < -0.3 is 9.84 Å². The number of aromatic amines is 1. The minimum absolute atomic E-state index is 0.128. The number of nitrogens with zero attached hydrogens (tertiary/aromatic N) is 2. The van der Waals surface area contributed by atoms with Gasteiger partial charge >= 0.3 is 5.97 Å². The van der Waals surface area contributed by atoms with Crippen LogP contribution in [0, 0.1) is 0 Å². The smallest absolute Gasteiger partial charge is 0.342 e. The van der Waals surface area contributed by atoms with Gasteiger partial charge in [0, 0.05) is 13.6 Å². The topological polar surface area (TPSA) is 113 Å². The summed E-state index contributed by atoms with van der Waals surface area (Å²) in [6.45, 7) is 4.59. The molecule has 0 amide bonds. The number of esters is 1. The van der Waals surface area contributed by atoms with Crippen molar-refractivity contribution in [3.05, 3.63) is 11.8 Å². The van der Waals surface area contributed by atoms with Crippen LogP contribution in [0.25, 0.3) is 0 Å². The Kier molecular flexibility index (Phi) is 4.90. The van der Waals surface area contributed by atoms with E-state index in [4.69, 9.17) is 4.74 Å². The number of likely N-dealkylation sites (N-methyl/N-ethyl adjacent to an activating group) is 1. The highest BCUT2D eigenvalue weighted by Gasteiger charge is 2.32. The van der Waals surface area contributed by atoms with E-state index in [0.717, 1.165) is 10.5 Å². The average Bonchev–Trinajstić information content (AvgIpc) is 2.76. The zero-order valence-electron chi connectivity index (χ0n) is 11.9. The highest BCUT2D eigenvalue weighted by molar-refractivity contribution is 7.89. The second-order valence-electron chi connectivity index (χ2n) is 4.91. The lowest BCUT2D eigenvalue weighted by Crippen LogP contribution is -2.40. The molecule has 1 heterocycles. The van der Waals surface area contributed by atoms with Crippen molar-refractivity contribution in [3.8, 4) is 0 Å². The molecule has 20 heavy (non-hydrogen) atoms. The summed E-state index contributed by atoms with van der Waals surface area (Å²) in [6, 6.07) is 0. The van der Waals surface area contributed by atoms with Crippen molar-refractivity contribution in [2.24, 2.45) is 0 Å². The minimum atomic E-state index is -3.97. The van der Waals surface area contributed by atoms with Gasteiger partial charge in [-0.2, -0.15) is 9.40 Å². The standard InChI is InChI=1S/C11H19N3O5S/c1-5-19-10(15)8-6-12-13-9(8)20(17,18)14(4)7-11(2,3)16/h6,16H,5,7H2,1-4H3,(H,12,13). The Hall–Kier alpha value is -1.45. The van der Waals surface area contributed by atoms with Gasteiger partial charge in [0.05, 0.1) is 18.4 Å². The van der Waals surface area contributed by atoms with Gasteiger partial charge in [-0.1, -0.05) is 0 Å². The van der Waals surface area contributed by atoms with Crippen molar-refractivity contribution in [1.29, 1.82) is 0 Å². The number of hydrogen-bond donors (Lipinski definition) is 2. The van der Waals surface area contributed by atoms with Gasteiger partial charge in [0.1, 0.15) is 5.56 Å². The van der Waals surface area contributed by atoms with Crippen molar-refractivity contribution >= 4 is 16.0 Å². The molecule has 1 rings (SSSR count). The number of aromatic nitrogens is 2. The van der Waals surface area contributed by atoms with Gasteiger partial charge in [0.25, 0.3) is 10.0 Å². The summed E-state index contributed by atoms with van der Waals surface area (Å²) in [5.74, 6) is -0.767. The first kappa shape index (κ1) is 16.6. The molecule has 0 aliphatic rings. The van der Waals surface area contributed by atoms with Gasteiger partial charge in [0.15, 0.2) is 5.03 Å². The summed E-state index contributed by atoms with van der Waals surface area (Å²) in [5.41, 5.74) is -1.36. The van der Waals surface area contributed by atoms with E-state index < -0.39 is 21.6 Å². The molecule has 0 aliphatic heterocycles. The van der Waals surface area contributed by atoms with Crippen LogP contribution in [-0.4, -0.2) is 59.8 Å². The molecular weight excluding hydrogens is 286 g/mol. The van der Waals surface area contributed by atoms with E-state index in [0.29, 0.717) is 0 Å². The molecule has 0 radical (unpaired) electrons. The Balaban J connectivity index is 3.11. The van der Waals surface area contributed by atoms with Crippen LogP contribution in [0.4, 0.5) is 0 Å². The molecule has 0 aliphatic carbocycles. The molecule has 8 nitrogen and oxygen atoms in total. The first-order chi connectivity index (χ1) is 9.09. The van der Waals surface area contributed by atoms with Crippen molar-refractivity contribution in [2.75, 3.05) is 20.2 Å². The molecule has 114 valence electrons. The van der Waals surface area contributed by atoms with Crippen LogP contribution in [0.15, 0.2) is 11.2 Å². The Morgan fingerprint density at radius 2 is 2.15 bits per heavy atom. The van der Waals surface area contributed by atoms with E-state index >= 15 is 0 Å². The van der Waals surface area contributed by atoms with Gasteiger partial charge in [-0.05, 0) is 20.8 Å². The van der Waals surface area contributed by atoms with Crippen molar-refractivity contribution < 1.29 is 23.1 Å². The number of sulfonamides is 1. The summed E-state index contributed by atoms with van der Waals surface area (Å²) in [5, 5.41) is 15.2. The fourth-order valence-electron chi connectivity index (χ4n) is 1.61. The van der Waals surface area contributed by atoms with E-state index in [1.807, 2.05) is 0 Å². The van der Waals surface area contributed by atoms with Crippen molar-refractivity contribution in [3.63, 3.8) is 0 Å². The van der Waals surface area contributed by atoms with E-state index in [1.54, 1.807) is 6.92 Å². The number of carbonyl (C=O) groups is 1. The van der Waals surface area contributed by atoms with Crippen LogP contribution in [0.3, 0.4) is 0 Å². The zero-order valence-corrected chi connectivity index (χ0v) is 12.7. The molecule has 0 atom stereocenters. The third-order valence-corrected chi connectivity index (χ3v) is 4.15. The number of H-pyrrole nitrogens is 1. The first-order valence-corrected chi connectivity index (χ1v) is 7.43. The number of rotatable bonds is 6. The Morgan fingerprint density at radius 1 is 1.55 bits per heavy atom. The molecule has 1 aromatic rings. The van der Waals surface area contributed by atoms with E-state index in [9.17, 15) is 18.3 Å². The molecule has 0 bridgehead atoms. The monoisotopic (exact) mass is 305 g/mol. The third kappa shape index (κ3) is 3.78. The SMILES string of the molecule is CCOC(=O)c1cn[nH]c1S(=O)(=O)N(C)CC(C)(C)O.